The van der Waals surface area contributed by atoms with Crippen LogP contribution in [-0.2, 0) is 4.79 Å². The zero-order valence-corrected chi connectivity index (χ0v) is 20.0. The van der Waals surface area contributed by atoms with Crippen LogP contribution < -0.4 is 5.32 Å². The van der Waals surface area contributed by atoms with Gasteiger partial charge in [0.05, 0.1) is 12.6 Å². The molecule has 182 valence electrons. The molecule has 2 aromatic carbocycles. The van der Waals surface area contributed by atoms with Crippen molar-refractivity contribution in [2.45, 2.75) is 38.6 Å². The molecule has 2 saturated heterocycles. The topological polar surface area (TPSA) is 55.9 Å². The molecule has 0 bridgehead atoms. The standard InChI is InChI=1S/C27H35FN4O2/c1-21-6-8-22(9-7-21)26(23-10-12-24(28)13-11-23)31-18-16-30(17-19-31)25(33)20-29-27(34)32-14-4-2-3-5-15-32/h6-13,26H,2-5,14-20H2,1H3,(H,29,34). The lowest BCUT2D eigenvalue weighted by molar-refractivity contribution is -0.132. The Morgan fingerprint density at radius 3 is 1.94 bits per heavy atom. The molecule has 0 spiro atoms. The fourth-order valence-corrected chi connectivity index (χ4v) is 4.89. The highest BCUT2D eigenvalue weighted by atomic mass is 19.1. The lowest BCUT2D eigenvalue weighted by Gasteiger charge is -2.40. The lowest BCUT2D eigenvalue weighted by Crippen LogP contribution is -2.53. The summed E-state index contributed by atoms with van der Waals surface area (Å²) in [6, 6.07) is 15.0. The van der Waals surface area contributed by atoms with Crippen molar-refractivity contribution in [2.24, 2.45) is 0 Å². The number of aryl methyl sites for hydroxylation is 1. The van der Waals surface area contributed by atoms with Crippen LogP contribution in [0.5, 0.6) is 0 Å². The van der Waals surface area contributed by atoms with E-state index in [0.29, 0.717) is 26.2 Å². The second-order valence-corrected chi connectivity index (χ2v) is 9.34. The van der Waals surface area contributed by atoms with Crippen LogP contribution in [0.4, 0.5) is 9.18 Å². The number of carbonyl (C=O) groups excluding carboxylic acids is 2. The summed E-state index contributed by atoms with van der Waals surface area (Å²) in [6.07, 6.45) is 4.38. The molecule has 0 aliphatic carbocycles. The van der Waals surface area contributed by atoms with E-state index >= 15 is 0 Å². The minimum Gasteiger partial charge on any atom is -0.339 e. The van der Waals surface area contributed by atoms with Gasteiger partial charge in [0.15, 0.2) is 0 Å². The molecule has 2 heterocycles. The molecule has 0 aromatic heterocycles. The molecule has 2 aliphatic heterocycles. The van der Waals surface area contributed by atoms with Crippen LogP contribution in [-0.4, -0.2) is 72.5 Å². The van der Waals surface area contributed by atoms with Crippen molar-refractivity contribution in [1.29, 1.82) is 0 Å². The average Bonchev–Trinajstić information content (AvgIpc) is 3.15. The lowest BCUT2D eigenvalue weighted by atomic mass is 9.95. The summed E-state index contributed by atoms with van der Waals surface area (Å²) in [5, 5.41) is 2.82. The van der Waals surface area contributed by atoms with Crippen LogP contribution in [0, 0.1) is 12.7 Å². The largest absolute Gasteiger partial charge is 0.339 e. The number of hydrogen-bond acceptors (Lipinski definition) is 3. The first kappa shape index (κ1) is 24.2. The monoisotopic (exact) mass is 466 g/mol. The SMILES string of the molecule is Cc1ccc(C(c2ccc(F)cc2)N2CCN(C(=O)CNC(=O)N3CCCCCC3)CC2)cc1. The molecule has 1 N–H and O–H groups in total. The Morgan fingerprint density at radius 1 is 0.794 bits per heavy atom. The van der Waals surface area contributed by atoms with Crippen LogP contribution in [0.1, 0.15) is 48.4 Å². The molecule has 2 aromatic rings. The number of urea groups is 1. The van der Waals surface area contributed by atoms with Crippen LogP contribution in [0.25, 0.3) is 0 Å². The molecule has 2 fully saturated rings. The van der Waals surface area contributed by atoms with Crippen molar-refractivity contribution >= 4 is 11.9 Å². The molecule has 4 rings (SSSR count). The van der Waals surface area contributed by atoms with Gasteiger partial charge >= 0.3 is 6.03 Å². The van der Waals surface area contributed by atoms with Gasteiger partial charge in [0.2, 0.25) is 5.91 Å². The van der Waals surface area contributed by atoms with E-state index in [4.69, 9.17) is 0 Å². The summed E-state index contributed by atoms with van der Waals surface area (Å²) in [6.45, 7) is 6.25. The Kier molecular flexibility index (Phi) is 8.16. The second-order valence-electron chi connectivity index (χ2n) is 9.34. The smallest absolute Gasteiger partial charge is 0.317 e. The summed E-state index contributed by atoms with van der Waals surface area (Å²) in [5.41, 5.74) is 3.38. The number of benzene rings is 2. The summed E-state index contributed by atoms with van der Waals surface area (Å²) in [4.78, 5) is 31.2. The Hall–Kier alpha value is -2.93. The number of nitrogens with one attached hydrogen (secondary N) is 1. The van der Waals surface area contributed by atoms with Crippen molar-refractivity contribution in [3.05, 3.63) is 71.0 Å². The summed E-state index contributed by atoms with van der Waals surface area (Å²) in [5.74, 6) is -0.291. The molecular weight excluding hydrogens is 431 g/mol. The number of rotatable bonds is 5. The van der Waals surface area contributed by atoms with Gasteiger partial charge in [-0.1, -0.05) is 54.8 Å². The highest BCUT2D eigenvalue weighted by Gasteiger charge is 2.28. The van der Waals surface area contributed by atoms with E-state index in [9.17, 15) is 14.0 Å². The van der Waals surface area contributed by atoms with Gasteiger partial charge in [0.25, 0.3) is 0 Å². The first-order valence-corrected chi connectivity index (χ1v) is 12.4. The molecule has 1 atom stereocenters. The molecular formula is C27H35FN4O2. The number of amides is 3. The van der Waals surface area contributed by atoms with Crippen LogP contribution in [0.3, 0.4) is 0 Å². The van der Waals surface area contributed by atoms with Gasteiger partial charge in [0, 0.05) is 39.3 Å². The molecule has 0 saturated carbocycles. The fraction of sp³-hybridized carbons (Fsp3) is 0.481. The number of piperazine rings is 1. The second kappa shape index (κ2) is 11.5. The van der Waals surface area contributed by atoms with Gasteiger partial charge in [-0.3, -0.25) is 9.69 Å². The van der Waals surface area contributed by atoms with Gasteiger partial charge < -0.3 is 15.1 Å². The number of halogens is 1. The van der Waals surface area contributed by atoms with E-state index in [-0.39, 0.29) is 30.3 Å². The first-order valence-electron chi connectivity index (χ1n) is 12.4. The predicted octanol–water partition coefficient (Wildman–Crippen LogP) is 3.95. The van der Waals surface area contributed by atoms with Crippen molar-refractivity contribution in [1.82, 2.24) is 20.0 Å². The van der Waals surface area contributed by atoms with Gasteiger partial charge in [0.1, 0.15) is 5.82 Å². The molecule has 1 unspecified atom stereocenters. The maximum absolute atomic E-state index is 13.6. The number of hydrogen-bond donors (Lipinski definition) is 1. The molecule has 7 heteroatoms. The molecule has 6 nitrogen and oxygen atoms in total. The third kappa shape index (κ3) is 6.14. The van der Waals surface area contributed by atoms with E-state index in [0.717, 1.165) is 49.9 Å². The van der Waals surface area contributed by atoms with Gasteiger partial charge in [-0.05, 0) is 43.0 Å². The maximum Gasteiger partial charge on any atom is 0.317 e. The Bertz CT molecular complexity index is 902. The van der Waals surface area contributed by atoms with E-state index in [1.54, 1.807) is 0 Å². The summed E-state index contributed by atoms with van der Waals surface area (Å²) < 4.78 is 13.6. The Labute approximate surface area is 201 Å². The van der Waals surface area contributed by atoms with Gasteiger partial charge in [-0.25, -0.2) is 9.18 Å². The molecule has 34 heavy (non-hydrogen) atoms. The zero-order chi connectivity index (χ0) is 23.9. The van der Waals surface area contributed by atoms with Crippen LogP contribution in [0.2, 0.25) is 0 Å². The highest BCUT2D eigenvalue weighted by Crippen LogP contribution is 2.30. The minimum atomic E-state index is -0.246. The van der Waals surface area contributed by atoms with Crippen molar-refractivity contribution in [3.63, 3.8) is 0 Å². The Morgan fingerprint density at radius 2 is 1.35 bits per heavy atom. The number of likely N-dealkylation sites (tertiary alicyclic amines) is 1. The van der Waals surface area contributed by atoms with Gasteiger partial charge in [-0.15, -0.1) is 0 Å². The maximum atomic E-state index is 13.6. The van der Waals surface area contributed by atoms with E-state index in [1.807, 2.05) is 21.9 Å². The normalized spacial score (nSPS) is 18.3. The van der Waals surface area contributed by atoms with Crippen molar-refractivity contribution in [2.75, 3.05) is 45.8 Å². The van der Waals surface area contributed by atoms with Crippen molar-refractivity contribution in [3.8, 4) is 0 Å². The highest BCUT2D eigenvalue weighted by molar-refractivity contribution is 5.84. The third-order valence-electron chi connectivity index (χ3n) is 6.90. The molecule has 2 aliphatic rings. The third-order valence-corrected chi connectivity index (χ3v) is 6.90. The van der Waals surface area contributed by atoms with E-state index in [2.05, 4.69) is 41.4 Å². The fourth-order valence-electron chi connectivity index (χ4n) is 4.89. The predicted molar refractivity (Wildman–Crippen MR) is 131 cm³/mol. The summed E-state index contributed by atoms with van der Waals surface area (Å²) in [7, 11) is 0. The average molecular weight is 467 g/mol. The summed E-state index contributed by atoms with van der Waals surface area (Å²) >= 11 is 0. The van der Waals surface area contributed by atoms with Crippen LogP contribution >= 0.6 is 0 Å². The first-order chi connectivity index (χ1) is 16.5. The minimum absolute atomic E-state index is 0.00110. The van der Waals surface area contributed by atoms with Gasteiger partial charge in [-0.2, -0.15) is 0 Å². The Balaban J connectivity index is 1.35. The number of nitrogens with zero attached hydrogens (tertiary/aromatic N) is 3. The van der Waals surface area contributed by atoms with E-state index < -0.39 is 0 Å². The zero-order valence-electron chi connectivity index (χ0n) is 20.0. The quantitative estimate of drug-likeness (QED) is 0.726. The van der Waals surface area contributed by atoms with Crippen molar-refractivity contribution < 1.29 is 14.0 Å². The van der Waals surface area contributed by atoms with Crippen LogP contribution in [0.15, 0.2) is 48.5 Å². The molecule has 3 amide bonds. The number of carbonyl (C=O) groups is 2. The van der Waals surface area contributed by atoms with E-state index in [1.165, 1.54) is 17.7 Å². The molecule has 0 radical (unpaired) electrons.